The predicted molar refractivity (Wildman–Crippen MR) is 70.7 cm³/mol. The zero-order valence-electron chi connectivity index (χ0n) is 12.6. The van der Waals surface area contributed by atoms with Gasteiger partial charge < -0.3 is 9.94 Å². The maximum atomic E-state index is 13.4. The fourth-order valence-electron chi connectivity index (χ4n) is 2.37. The standard InChI is InChI=1S/C13H15F4N3O3/c1-12(2)4-6(19-23-12)10(21)9(13(15,16)17)8-7(5-14)18-20(3)11(8)22/h9,22H,4-5H2,1-3H3. The quantitative estimate of drug-likeness (QED) is 0.856. The van der Waals surface area contributed by atoms with Crippen LogP contribution in [0.1, 0.15) is 37.4 Å². The lowest BCUT2D eigenvalue weighted by Crippen LogP contribution is -2.34. The number of rotatable bonds is 4. The van der Waals surface area contributed by atoms with Crippen molar-refractivity contribution in [1.82, 2.24) is 9.78 Å². The number of carbonyl (C=O) groups excluding carboxylic acids is 1. The number of alkyl halides is 4. The van der Waals surface area contributed by atoms with Gasteiger partial charge in [-0.05, 0) is 13.8 Å². The van der Waals surface area contributed by atoms with E-state index in [1.54, 1.807) is 13.8 Å². The Kier molecular flexibility index (Phi) is 4.12. The molecule has 23 heavy (non-hydrogen) atoms. The maximum absolute atomic E-state index is 13.4. The number of ketones is 1. The average molecular weight is 337 g/mol. The molecule has 0 radical (unpaired) electrons. The van der Waals surface area contributed by atoms with Gasteiger partial charge in [-0.1, -0.05) is 5.16 Å². The minimum absolute atomic E-state index is 0.121. The second kappa shape index (κ2) is 5.50. The third-order valence-corrected chi connectivity index (χ3v) is 3.41. The van der Waals surface area contributed by atoms with Gasteiger partial charge in [0.15, 0.2) is 11.7 Å². The van der Waals surface area contributed by atoms with Gasteiger partial charge in [-0.25, -0.2) is 9.07 Å². The highest BCUT2D eigenvalue weighted by atomic mass is 19.4. The molecule has 1 atom stereocenters. The Balaban J connectivity index is 2.50. The molecule has 0 aromatic carbocycles. The van der Waals surface area contributed by atoms with Crippen LogP contribution in [0.15, 0.2) is 5.16 Å². The molecule has 1 aliphatic rings. The summed E-state index contributed by atoms with van der Waals surface area (Å²) in [6.07, 6.45) is -5.17. The van der Waals surface area contributed by atoms with Crippen molar-refractivity contribution >= 4 is 11.5 Å². The molecule has 2 heterocycles. The summed E-state index contributed by atoms with van der Waals surface area (Å²) in [6.45, 7) is 1.78. The molecule has 0 aliphatic carbocycles. The molecule has 1 aromatic heterocycles. The fraction of sp³-hybridized carbons (Fsp3) is 0.615. The van der Waals surface area contributed by atoms with E-state index < -0.39 is 53.0 Å². The molecular weight excluding hydrogens is 322 g/mol. The number of nitrogens with zero attached hydrogens (tertiary/aromatic N) is 3. The molecule has 0 spiro atoms. The first-order valence-corrected chi connectivity index (χ1v) is 6.64. The van der Waals surface area contributed by atoms with E-state index in [1.165, 1.54) is 0 Å². The van der Waals surface area contributed by atoms with E-state index in [4.69, 9.17) is 4.84 Å². The second-order valence-corrected chi connectivity index (χ2v) is 5.85. The Hall–Kier alpha value is -2.13. The number of aromatic hydroxyl groups is 1. The second-order valence-electron chi connectivity index (χ2n) is 5.85. The lowest BCUT2D eigenvalue weighted by Gasteiger charge is -2.19. The van der Waals surface area contributed by atoms with Gasteiger partial charge in [0.05, 0.1) is 5.56 Å². The van der Waals surface area contributed by atoms with Crippen molar-refractivity contribution in [2.24, 2.45) is 12.2 Å². The summed E-state index contributed by atoms with van der Waals surface area (Å²) in [6, 6.07) is 0. The first kappa shape index (κ1) is 17.2. The molecule has 0 amide bonds. The third-order valence-electron chi connectivity index (χ3n) is 3.41. The molecule has 0 bridgehead atoms. The van der Waals surface area contributed by atoms with Gasteiger partial charge in [0.1, 0.15) is 23.7 Å². The number of Topliss-reactive ketones (excluding diaryl/α,β-unsaturated/α-hetero) is 1. The number of oxime groups is 1. The molecule has 2 rings (SSSR count). The van der Waals surface area contributed by atoms with Crippen molar-refractivity contribution in [3.05, 3.63) is 11.3 Å². The van der Waals surface area contributed by atoms with E-state index in [-0.39, 0.29) is 6.42 Å². The van der Waals surface area contributed by atoms with Crippen LogP contribution in [-0.4, -0.2) is 38.2 Å². The zero-order valence-corrected chi connectivity index (χ0v) is 12.6. The molecule has 0 fully saturated rings. The van der Waals surface area contributed by atoms with E-state index in [0.29, 0.717) is 4.68 Å². The monoisotopic (exact) mass is 337 g/mol. The van der Waals surface area contributed by atoms with Crippen LogP contribution >= 0.6 is 0 Å². The molecular formula is C13H15F4N3O3. The smallest absolute Gasteiger partial charge is 0.403 e. The van der Waals surface area contributed by atoms with Crippen molar-refractivity contribution in [2.75, 3.05) is 0 Å². The van der Waals surface area contributed by atoms with Crippen molar-refractivity contribution in [1.29, 1.82) is 0 Å². The van der Waals surface area contributed by atoms with Gasteiger partial charge >= 0.3 is 6.18 Å². The average Bonchev–Trinajstić information content (AvgIpc) is 2.91. The molecule has 1 aromatic rings. The van der Waals surface area contributed by atoms with Gasteiger partial charge in [0.2, 0.25) is 5.88 Å². The Morgan fingerprint density at radius 2 is 2.09 bits per heavy atom. The van der Waals surface area contributed by atoms with E-state index in [1.807, 2.05) is 0 Å². The summed E-state index contributed by atoms with van der Waals surface area (Å²) in [5.41, 5.74) is -2.84. The Bertz CT molecular complexity index is 664. The summed E-state index contributed by atoms with van der Waals surface area (Å²) in [4.78, 5) is 17.2. The minimum atomic E-state index is -5.04. The molecule has 0 saturated heterocycles. The van der Waals surface area contributed by atoms with Crippen LogP contribution < -0.4 is 0 Å². The first-order chi connectivity index (χ1) is 10.5. The number of halogens is 4. The van der Waals surface area contributed by atoms with Crippen LogP contribution in [-0.2, 0) is 23.4 Å². The van der Waals surface area contributed by atoms with Gasteiger partial charge in [-0.3, -0.25) is 4.79 Å². The first-order valence-electron chi connectivity index (χ1n) is 6.64. The molecule has 10 heteroatoms. The van der Waals surface area contributed by atoms with Crippen LogP contribution in [0, 0.1) is 0 Å². The number of aryl methyl sites for hydroxylation is 1. The van der Waals surface area contributed by atoms with E-state index >= 15 is 0 Å². The summed E-state index contributed by atoms with van der Waals surface area (Å²) in [7, 11) is 1.15. The largest absolute Gasteiger partial charge is 0.493 e. The van der Waals surface area contributed by atoms with E-state index in [2.05, 4.69) is 10.3 Å². The van der Waals surface area contributed by atoms with Gasteiger partial charge in [0.25, 0.3) is 0 Å². The summed E-state index contributed by atoms with van der Waals surface area (Å²) < 4.78 is 53.9. The highest BCUT2D eigenvalue weighted by Crippen LogP contribution is 2.42. The number of hydrogen-bond donors (Lipinski definition) is 1. The van der Waals surface area contributed by atoms with E-state index in [0.717, 1.165) is 7.05 Å². The molecule has 1 unspecified atom stereocenters. The Morgan fingerprint density at radius 3 is 2.52 bits per heavy atom. The topological polar surface area (TPSA) is 76.7 Å². The maximum Gasteiger partial charge on any atom is 0.403 e. The van der Waals surface area contributed by atoms with Crippen LogP contribution in [0.4, 0.5) is 17.6 Å². The summed E-state index contributed by atoms with van der Waals surface area (Å²) in [5.74, 6) is -5.05. The lowest BCUT2D eigenvalue weighted by atomic mass is 9.88. The summed E-state index contributed by atoms with van der Waals surface area (Å²) >= 11 is 0. The van der Waals surface area contributed by atoms with Gasteiger partial charge in [-0.2, -0.15) is 18.3 Å². The van der Waals surface area contributed by atoms with Crippen LogP contribution in [0.5, 0.6) is 5.88 Å². The molecule has 128 valence electrons. The fourth-order valence-corrected chi connectivity index (χ4v) is 2.37. The summed E-state index contributed by atoms with van der Waals surface area (Å²) in [5, 5.41) is 16.7. The zero-order chi connectivity index (χ0) is 17.6. The van der Waals surface area contributed by atoms with Gasteiger partial charge in [-0.15, -0.1) is 0 Å². The molecule has 1 aliphatic heterocycles. The highest BCUT2D eigenvalue weighted by Gasteiger charge is 2.52. The lowest BCUT2D eigenvalue weighted by molar-refractivity contribution is -0.159. The highest BCUT2D eigenvalue weighted by molar-refractivity contribution is 6.42. The Morgan fingerprint density at radius 1 is 1.48 bits per heavy atom. The van der Waals surface area contributed by atoms with Crippen molar-refractivity contribution < 1.29 is 32.3 Å². The molecule has 1 N–H and O–H groups in total. The number of aromatic nitrogens is 2. The van der Waals surface area contributed by atoms with Crippen LogP contribution in [0.3, 0.4) is 0 Å². The van der Waals surface area contributed by atoms with E-state index in [9.17, 15) is 27.5 Å². The molecule has 0 saturated carbocycles. The number of carbonyl (C=O) groups is 1. The Labute approximate surface area is 128 Å². The van der Waals surface area contributed by atoms with Crippen molar-refractivity contribution in [3.63, 3.8) is 0 Å². The van der Waals surface area contributed by atoms with Gasteiger partial charge in [0, 0.05) is 13.5 Å². The minimum Gasteiger partial charge on any atom is -0.493 e. The SMILES string of the molecule is Cn1nc(CF)c(C(C(=O)C2=NOC(C)(C)C2)C(F)(F)F)c1O. The predicted octanol–water partition coefficient (Wildman–Crippen LogP) is 2.37. The van der Waals surface area contributed by atoms with Crippen molar-refractivity contribution in [3.8, 4) is 5.88 Å². The van der Waals surface area contributed by atoms with Crippen molar-refractivity contribution in [2.45, 2.75) is 44.6 Å². The number of hydrogen-bond acceptors (Lipinski definition) is 5. The molecule has 6 nitrogen and oxygen atoms in total. The third kappa shape index (κ3) is 3.15. The van der Waals surface area contributed by atoms with Crippen LogP contribution in [0.2, 0.25) is 0 Å². The van der Waals surface area contributed by atoms with Crippen LogP contribution in [0.25, 0.3) is 0 Å². The normalized spacial score (nSPS) is 18.5.